The summed E-state index contributed by atoms with van der Waals surface area (Å²) in [6.07, 6.45) is 1.21. The highest BCUT2D eigenvalue weighted by atomic mass is 16.5. The summed E-state index contributed by atoms with van der Waals surface area (Å²) >= 11 is 0. The van der Waals surface area contributed by atoms with Crippen LogP contribution >= 0.6 is 0 Å². The molecule has 142 valence electrons. The first-order valence-corrected chi connectivity index (χ1v) is 9.28. The number of hydrogen-bond acceptors (Lipinski definition) is 3. The van der Waals surface area contributed by atoms with E-state index in [2.05, 4.69) is 10.6 Å². The predicted octanol–water partition coefficient (Wildman–Crippen LogP) is 4.45. The molecule has 1 fully saturated rings. The van der Waals surface area contributed by atoms with E-state index in [1.165, 1.54) is 0 Å². The Morgan fingerprint density at radius 1 is 0.926 bits per heavy atom. The van der Waals surface area contributed by atoms with Crippen LogP contribution in [0.4, 0.5) is 11.4 Å². The maximum absolute atomic E-state index is 12.8. The zero-order valence-corrected chi connectivity index (χ0v) is 16.3. The van der Waals surface area contributed by atoms with Gasteiger partial charge in [-0.15, -0.1) is 0 Å². The van der Waals surface area contributed by atoms with Gasteiger partial charge in [0.1, 0.15) is 11.2 Å². The van der Waals surface area contributed by atoms with Crippen molar-refractivity contribution in [1.29, 1.82) is 0 Å². The van der Waals surface area contributed by atoms with Gasteiger partial charge in [0.15, 0.2) is 0 Å². The molecule has 0 saturated heterocycles. The molecule has 2 amide bonds. The standard InChI is InChI=1S/C22H26N2O3/c1-14(2)27-18-10-8-17(9-11-18)23-20(25)22(12-13-22)21(26)24-19-15(3)6-5-7-16(19)4/h5-11,14H,12-13H2,1-4H3,(H,23,25)(H,24,26). The van der Waals surface area contributed by atoms with Crippen LogP contribution in [0.5, 0.6) is 5.75 Å². The van der Waals surface area contributed by atoms with Gasteiger partial charge >= 0.3 is 0 Å². The van der Waals surface area contributed by atoms with Gasteiger partial charge in [0, 0.05) is 11.4 Å². The second kappa shape index (κ2) is 7.43. The van der Waals surface area contributed by atoms with E-state index >= 15 is 0 Å². The molecule has 2 aromatic carbocycles. The fourth-order valence-corrected chi connectivity index (χ4v) is 3.07. The van der Waals surface area contributed by atoms with Crippen molar-refractivity contribution in [3.8, 4) is 5.75 Å². The lowest BCUT2D eigenvalue weighted by Gasteiger charge is -2.18. The second-order valence-corrected chi connectivity index (χ2v) is 7.45. The molecule has 3 rings (SSSR count). The molecular formula is C22H26N2O3. The Labute approximate surface area is 160 Å². The van der Waals surface area contributed by atoms with Crippen molar-refractivity contribution in [1.82, 2.24) is 0 Å². The minimum absolute atomic E-state index is 0.0915. The Morgan fingerprint density at radius 3 is 2.00 bits per heavy atom. The van der Waals surface area contributed by atoms with Gasteiger partial charge in [-0.25, -0.2) is 0 Å². The van der Waals surface area contributed by atoms with Gasteiger partial charge in [-0.2, -0.15) is 0 Å². The Balaban J connectivity index is 1.68. The van der Waals surface area contributed by atoms with E-state index in [4.69, 9.17) is 4.74 Å². The van der Waals surface area contributed by atoms with Crippen molar-refractivity contribution in [2.24, 2.45) is 5.41 Å². The molecule has 27 heavy (non-hydrogen) atoms. The molecular weight excluding hydrogens is 340 g/mol. The number of nitrogens with one attached hydrogen (secondary N) is 2. The van der Waals surface area contributed by atoms with Crippen LogP contribution in [0.2, 0.25) is 0 Å². The fraction of sp³-hybridized carbons (Fsp3) is 0.364. The summed E-state index contributed by atoms with van der Waals surface area (Å²) in [5, 5.41) is 5.82. The molecule has 0 heterocycles. The molecule has 5 nitrogen and oxygen atoms in total. The Morgan fingerprint density at radius 2 is 1.48 bits per heavy atom. The third-order valence-electron chi connectivity index (χ3n) is 4.82. The van der Waals surface area contributed by atoms with E-state index in [1.807, 2.05) is 58.0 Å². The Hall–Kier alpha value is -2.82. The molecule has 0 radical (unpaired) electrons. The van der Waals surface area contributed by atoms with Crippen molar-refractivity contribution >= 4 is 23.2 Å². The van der Waals surface area contributed by atoms with Crippen LogP contribution in [-0.2, 0) is 9.59 Å². The molecule has 2 aromatic rings. The van der Waals surface area contributed by atoms with Crippen LogP contribution in [0.15, 0.2) is 42.5 Å². The van der Waals surface area contributed by atoms with E-state index in [-0.39, 0.29) is 17.9 Å². The largest absolute Gasteiger partial charge is 0.491 e. The molecule has 0 aliphatic heterocycles. The normalized spacial score (nSPS) is 14.6. The van der Waals surface area contributed by atoms with Gasteiger partial charge < -0.3 is 15.4 Å². The minimum Gasteiger partial charge on any atom is -0.491 e. The molecule has 1 aliphatic rings. The lowest BCUT2D eigenvalue weighted by atomic mass is 10.0. The summed E-state index contributed by atoms with van der Waals surface area (Å²) in [7, 11) is 0. The lowest BCUT2D eigenvalue weighted by Crippen LogP contribution is -2.36. The lowest BCUT2D eigenvalue weighted by molar-refractivity contribution is -0.131. The summed E-state index contributed by atoms with van der Waals surface area (Å²) in [5.41, 5.74) is 2.43. The van der Waals surface area contributed by atoms with Crippen LogP contribution in [0.3, 0.4) is 0 Å². The average Bonchev–Trinajstić information content (AvgIpc) is 3.41. The van der Waals surface area contributed by atoms with Crippen molar-refractivity contribution in [2.45, 2.75) is 46.6 Å². The zero-order chi connectivity index (χ0) is 19.6. The number of ether oxygens (including phenoxy) is 1. The highest BCUT2D eigenvalue weighted by Gasteiger charge is 2.56. The minimum atomic E-state index is -0.984. The number of amides is 2. The highest BCUT2D eigenvalue weighted by Crippen LogP contribution is 2.47. The number of benzene rings is 2. The maximum Gasteiger partial charge on any atom is 0.240 e. The topological polar surface area (TPSA) is 67.4 Å². The first-order chi connectivity index (χ1) is 12.8. The van der Waals surface area contributed by atoms with Crippen LogP contribution in [0, 0.1) is 19.3 Å². The molecule has 2 N–H and O–H groups in total. The molecule has 5 heteroatoms. The van der Waals surface area contributed by atoms with Crippen LogP contribution in [0.1, 0.15) is 37.8 Å². The van der Waals surface area contributed by atoms with Crippen molar-refractivity contribution in [2.75, 3.05) is 10.6 Å². The predicted molar refractivity (Wildman–Crippen MR) is 107 cm³/mol. The monoisotopic (exact) mass is 366 g/mol. The molecule has 1 aliphatic carbocycles. The average molecular weight is 366 g/mol. The summed E-state index contributed by atoms with van der Waals surface area (Å²) in [5.74, 6) is 0.248. The molecule has 1 saturated carbocycles. The number of carbonyl (C=O) groups is 2. The fourth-order valence-electron chi connectivity index (χ4n) is 3.07. The summed E-state index contributed by atoms with van der Waals surface area (Å²) in [6.45, 7) is 7.81. The number of hydrogen-bond donors (Lipinski definition) is 2. The summed E-state index contributed by atoms with van der Waals surface area (Å²) in [6, 6.07) is 13.0. The molecule has 0 atom stereocenters. The first kappa shape index (κ1) is 19.0. The maximum atomic E-state index is 12.8. The Bertz CT molecular complexity index is 832. The van der Waals surface area contributed by atoms with Crippen molar-refractivity contribution < 1.29 is 14.3 Å². The van der Waals surface area contributed by atoms with E-state index in [0.29, 0.717) is 18.5 Å². The van der Waals surface area contributed by atoms with E-state index < -0.39 is 5.41 Å². The molecule has 0 bridgehead atoms. The van der Waals surface area contributed by atoms with Gasteiger partial charge in [0.05, 0.1) is 6.10 Å². The number of carbonyl (C=O) groups excluding carboxylic acids is 2. The summed E-state index contributed by atoms with van der Waals surface area (Å²) < 4.78 is 5.60. The summed E-state index contributed by atoms with van der Waals surface area (Å²) in [4.78, 5) is 25.6. The third kappa shape index (κ3) is 4.13. The van der Waals surface area contributed by atoms with E-state index in [0.717, 1.165) is 22.6 Å². The number of para-hydroxylation sites is 1. The van der Waals surface area contributed by atoms with Crippen LogP contribution in [0.25, 0.3) is 0 Å². The molecule has 0 aromatic heterocycles. The SMILES string of the molecule is Cc1cccc(C)c1NC(=O)C1(C(=O)Nc2ccc(OC(C)C)cc2)CC1. The van der Waals surface area contributed by atoms with Gasteiger partial charge in [-0.1, -0.05) is 18.2 Å². The number of aryl methyl sites for hydroxylation is 2. The third-order valence-corrected chi connectivity index (χ3v) is 4.82. The van der Waals surface area contributed by atoms with Crippen molar-refractivity contribution in [3.63, 3.8) is 0 Å². The first-order valence-electron chi connectivity index (χ1n) is 9.28. The van der Waals surface area contributed by atoms with Crippen LogP contribution < -0.4 is 15.4 Å². The van der Waals surface area contributed by atoms with Gasteiger partial charge in [-0.05, 0) is 75.9 Å². The zero-order valence-electron chi connectivity index (χ0n) is 16.3. The highest BCUT2D eigenvalue weighted by molar-refractivity contribution is 6.17. The Kier molecular flexibility index (Phi) is 5.22. The number of anilines is 2. The van der Waals surface area contributed by atoms with Gasteiger partial charge in [0.2, 0.25) is 11.8 Å². The second-order valence-electron chi connectivity index (χ2n) is 7.45. The number of rotatable bonds is 6. The van der Waals surface area contributed by atoms with E-state index in [9.17, 15) is 9.59 Å². The van der Waals surface area contributed by atoms with Gasteiger partial charge in [0.25, 0.3) is 0 Å². The molecule has 0 spiro atoms. The smallest absolute Gasteiger partial charge is 0.240 e. The van der Waals surface area contributed by atoms with Crippen molar-refractivity contribution in [3.05, 3.63) is 53.6 Å². The molecule has 0 unspecified atom stereocenters. The van der Waals surface area contributed by atoms with Crippen LogP contribution in [-0.4, -0.2) is 17.9 Å². The van der Waals surface area contributed by atoms with E-state index in [1.54, 1.807) is 12.1 Å². The van der Waals surface area contributed by atoms with Gasteiger partial charge in [-0.3, -0.25) is 9.59 Å². The quantitative estimate of drug-likeness (QED) is 0.742.